The Bertz CT molecular complexity index is 844. The van der Waals surface area contributed by atoms with Crippen LogP contribution < -0.4 is 10.5 Å². The number of nitrogen functional groups attached to an aromatic ring is 1. The molecule has 2 fully saturated rings. The summed E-state index contributed by atoms with van der Waals surface area (Å²) in [6, 6.07) is 14.5. The molecular weight excluding hydrogens is 376 g/mol. The lowest BCUT2D eigenvalue weighted by Crippen LogP contribution is -2.45. The molecule has 28 heavy (non-hydrogen) atoms. The second-order valence-electron chi connectivity index (χ2n) is 7.62. The molecule has 0 saturated carbocycles. The van der Waals surface area contributed by atoms with Gasteiger partial charge in [-0.1, -0.05) is 41.9 Å². The number of nitrogens with zero attached hydrogens (tertiary/aromatic N) is 1. The number of carbonyl (C=O) groups excluding carboxylic acids is 1. The fourth-order valence-corrected chi connectivity index (χ4v) is 4.65. The van der Waals surface area contributed by atoms with Crippen LogP contribution in [0.4, 0.5) is 5.69 Å². The van der Waals surface area contributed by atoms with E-state index in [0.29, 0.717) is 34.1 Å². The van der Waals surface area contributed by atoms with Gasteiger partial charge >= 0.3 is 5.97 Å². The van der Waals surface area contributed by atoms with Gasteiger partial charge in [0.05, 0.1) is 17.8 Å². The number of hydrogen-bond acceptors (Lipinski definition) is 5. The Labute approximate surface area is 170 Å². The van der Waals surface area contributed by atoms with Gasteiger partial charge in [-0.25, -0.2) is 4.79 Å². The number of methoxy groups -OCH3 is 1. The summed E-state index contributed by atoms with van der Waals surface area (Å²) in [5, 5.41) is 0.325. The van der Waals surface area contributed by atoms with Gasteiger partial charge in [-0.2, -0.15) is 0 Å². The average Bonchev–Trinajstić information content (AvgIpc) is 2.92. The SMILES string of the molecule is COc1cc(N)c(Cl)cc1C(=O)OC1CC2CCC(C1)N2Cc1ccccc1. The first-order valence-electron chi connectivity index (χ1n) is 9.69. The molecule has 0 radical (unpaired) electrons. The average molecular weight is 401 g/mol. The largest absolute Gasteiger partial charge is 0.496 e. The van der Waals surface area contributed by atoms with Crippen LogP contribution in [0.1, 0.15) is 41.6 Å². The Balaban J connectivity index is 1.43. The van der Waals surface area contributed by atoms with Gasteiger partial charge in [-0.05, 0) is 24.5 Å². The number of fused-ring (bicyclic) bond motifs is 2. The number of benzene rings is 2. The standard InChI is InChI=1S/C22H25ClN2O3/c1-27-21-12-20(24)19(23)11-18(21)22(26)28-17-9-15-7-8-16(10-17)25(15)13-14-5-3-2-4-6-14/h2-6,11-12,15-17H,7-10,13,24H2,1H3. The normalized spacial score (nSPS) is 24.1. The molecule has 2 saturated heterocycles. The summed E-state index contributed by atoms with van der Waals surface area (Å²) in [6.07, 6.45) is 3.95. The first kappa shape index (κ1) is 19.1. The van der Waals surface area contributed by atoms with Crippen molar-refractivity contribution in [1.29, 1.82) is 0 Å². The van der Waals surface area contributed by atoms with Crippen molar-refractivity contribution in [1.82, 2.24) is 4.90 Å². The number of piperidine rings is 1. The van der Waals surface area contributed by atoms with Crippen LogP contribution in [0, 0.1) is 0 Å². The molecule has 2 aromatic rings. The van der Waals surface area contributed by atoms with Gasteiger partial charge in [0, 0.05) is 37.5 Å². The minimum Gasteiger partial charge on any atom is -0.496 e. The minimum absolute atomic E-state index is 0.0851. The third-order valence-electron chi connectivity index (χ3n) is 5.86. The number of ether oxygens (including phenoxy) is 2. The molecule has 2 aromatic carbocycles. The second-order valence-corrected chi connectivity index (χ2v) is 8.02. The van der Waals surface area contributed by atoms with E-state index in [1.165, 1.54) is 18.7 Å². The van der Waals surface area contributed by atoms with E-state index in [0.717, 1.165) is 32.2 Å². The molecule has 2 N–H and O–H groups in total. The molecule has 6 heteroatoms. The van der Waals surface area contributed by atoms with Gasteiger partial charge in [-0.15, -0.1) is 0 Å². The van der Waals surface area contributed by atoms with Crippen LogP contribution in [0.15, 0.2) is 42.5 Å². The van der Waals surface area contributed by atoms with Gasteiger partial charge in [0.2, 0.25) is 0 Å². The maximum absolute atomic E-state index is 12.7. The highest BCUT2D eigenvalue weighted by Crippen LogP contribution is 2.38. The van der Waals surface area contributed by atoms with Crippen molar-refractivity contribution >= 4 is 23.3 Å². The number of hydrogen-bond donors (Lipinski definition) is 1. The summed E-state index contributed by atoms with van der Waals surface area (Å²) in [6.45, 7) is 0.957. The first-order valence-corrected chi connectivity index (χ1v) is 10.1. The zero-order valence-corrected chi connectivity index (χ0v) is 16.7. The van der Waals surface area contributed by atoms with E-state index >= 15 is 0 Å². The maximum atomic E-state index is 12.7. The number of esters is 1. The summed E-state index contributed by atoms with van der Waals surface area (Å²) in [5.41, 5.74) is 7.83. The molecule has 2 aliphatic rings. The van der Waals surface area contributed by atoms with Crippen molar-refractivity contribution in [2.75, 3.05) is 12.8 Å². The third kappa shape index (κ3) is 3.82. The van der Waals surface area contributed by atoms with Crippen molar-refractivity contribution in [3.63, 3.8) is 0 Å². The maximum Gasteiger partial charge on any atom is 0.342 e. The van der Waals surface area contributed by atoms with E-state index in [2.05, 4.69) is 29.2 Å². The molecule has 2 atom stereocenters. The number of rotatable bonds is 5. The Morgan fingerprint density at radius 1 is 1.18 bits per heavy atom. The van der Waals surface area contributed by atoms with Crippen molar-refractivity contribution in [2.45, 2.75) is 50.4 Å². The van der Waals surface area contributed by atoms with Gasteiger partial charge in [0.15, 0.2) is 0 Å². The Kier molecular flexibility index (Phi) is 5.47. The van der Waals surface area contributed by atoms with Gasteiger partial charge in [0.1, 0.15) is 17.4 Å². The monoisotopic (exact) mass is 400 g/mol. The van der Waals surface area contributed by atoms with Crippen LogP contribution in [0.2, 0.25) is 5.02 Å². The number of halogens is 1. The molecule has 0 spiro atoms. The highest BCUT2D eigenvalue weighted by Gasteiger charge is 2.42. The van der Waals surface area contributed by atoms with Crippen molar-refractivity contribution < 1.29 is 14.3 Å². The zero-order chi connectivity index (χ0) is 19.7. The lowest BCUT2D eigenvalue weighted by atomic mass is 9.98. The number of anilines is 1. The first-order chi connectivity index (χ1) is 13.5. The summed E-state index contributed by atoms with van der Waals surface area (Å²) in [4.78, 5) is 15.3. The van der Waals surface area contributed by atoms with E-state index in [1.54, 1.807) is 6.07 Å². The van der Waals surface area contributed by atoms with E-state index in [9.17, 15) is 4.79 Å². The molecule has 0 aromatic heterocycles. The smallest absolute Gasteiger partial charge is 0.342 e. The zero-order valence-electron chi connectivity index (χ0n) is 15.9. The molecule has 0 amide bonds. The highest BCUT2D eigenvalue weighted by molar-refractivity contribution is 6.33. The second kappa shape index (κ2) is 8.02. The van der Waals surface area contributed by atoms with Crippen LogP contribution >= 0.6 is 11.6 Å². The van der Waals surface area contributed by atoms with E-state index < -0.39 is 5.97 Å². The third-order valence-corrected chi connectivity index (χ3v) is 6.19. The molecule has 148 valence electrons. The summed E-state index contributed by atoms with van der Waals surface area (Å²) in [5.74, 6) is -0.0176. The van der Waals surface area contributed by atoms with E-state index in [-0.39, 0.29) is 6.10 Å². The minimum atomic E-state index is -0.403. The van der Waals surface area contributed by atoms with Gasteiger partial charge in [-0.3, -0.25) is 4.90 Å². The highest BCUT2D eigenvalue weighted by atomic mass is 35.5. The molecule has 2 bridgehead atoms. The fraction of sp³-hybridized carbons (Fsp3) is 0.409. The molecule has 0 aliphatic carbocycles. The Morgan fingerprint density at radius 3 is 2.50 bits per heavy atom. The number of carbonyl (C=O) groups is 1. The van der Waals surface area contributed by atoms with E-state index in [4.69, 9.17) is 26.8 Å². The van der Waals surface area contributed by atoms with Crippen LogP contribution in [-0.4, -0.2) is 36.2 Å². The van der Waals surface area contributed by atoms with Gasteiger partial charge in [0.25, 0.3) is 0 Å². The lowest BCUT2D eigenvalue weighted by Gasteiger charge is -2.38. The summed E-state index contributed by atoms with van der Waals surface area (Å²) >= 11 is 6.09. The van der Waals surface area contributed by atoms with Crippen LogP contribution in [0.25, 0.3) is 0 Å². The fourth-order valence-electron chi connectivity index (χ4n) is 4.49. The lowest BCUT2D eigenvalue weighted by molar-refractivity contribution is -0.00825. The number of nitrogens with two attached hydrogens (primary N) is 1. The van der Waals surface area contributed by atoms with Crippen LogP contribution in [0.5, 0.6) is 5.75 Å². The topological polar surface area (TPSA) is 64.8 Å². The van der Waals surface area contributed by atoms with Crippen molar-refractivity contribution in [3.8, 4) is 5.75 Å². The summed E-state index contributed by atoms with van der Waals surface area (Å²) in [7, 11) is 1.50. The molecule has 4 rings (SSSR count). The van der Waals surface area contributed by atoms with Gasteiger partial charge < -0.3 is 15.2 Å². The summed E-state index contributed by atoms with van der Waals surface area (Å²) < 4.78 is 11.1. The Hall–Kier alpha value is -2.24. The van der Waals surface area contributed by atoms with Crippen molar-refractivity contribution in [2.24, 2.45) is 0 Å². The molecular formula is C22H25ClN2O3. The predicted octanol–water partition coefficient (Wildman–Crippen LogP) is 4.28. The van der Waals surface area contributed by atoms with Crippen molar-refractivity contribution in [3.05, 3.63) is 58.6 Å². The van der Waals surface area contributed by atoms with Crippen LogP contribution in [0.3, 0.4) is 0 Å². The quantitative estimate of drug-likeness (QED) is 0.599. The Morgan fingerprint density at radius 2 is 1.86 bits per heavy atom. The molecule has 2 unspecified atom stereocenters. The molecule has 2 aliphatic heterocycles. The van der Waals surface area contributed by atoms with Crippen LogP contribution in [-0.2, 0) is 11.3 Å². The molecule has 2 heterocycles. The van der Waals surface area contributed by atoms with E-state index in [1.807, 2.05) is 6.07 Å². The predicted molar refractivity (Wildman–Crippen MR) is 110 cm³/mol. The molecule has 5 nitrogen and oxygen atoms in total.